The number of ether oxygens (including phenoxy) is 1. The fraction of sp³-hybridized carbons (Fsp3) is 0.304. The molecular weight excluding hydrogens is 390 g/mol. The van der Waals surface area contributed by atoms with Crippen molar-refractivity contribution in [3.63, 3.8) is 0 Å². The standard InChI is InChI=1S/C23H24ClNO4/c1-14(2)15-7-9-16(10-8-15)20-19(21(26)17-5-4-6-18(24)13-17)22(27)23(28)25(20)11-12-29-3/h4-10,13-14,20,26H,11-12H2,1-3H3/b21-19-. The van der Waals surface area contributed by atoms with Gasteiger partial charge in [0.2, 0.25) is 0 Å². The second-order valence-corrected chi connectivity index (χ2v) is 7.75. The first kappa shape index (κ1) is 21.1. The Morgan fingerprint density at radius 2 is 1.86 bits per heavy atom. The van der Waals surface area contributed by atoms with E-state index >= 15 is 0 Å². The first-order chi connectivity index (χ1) is 13.8. The highest BCUT2D eigenvalue weighted by molar-refractivity contribution is 6.46. The quantitative estimate of drug-likeness (QED) is 0.429. The summed E-state index contributed by atoms with van der Waals surface area (Å²) in [4.78, 5) is 27.0. The van der Waals surface area contributed by atoms with Gasteiger partial charge in [0, 0.05) is 24.2 Å². The molecule has 0 aromatic heterocycles. The average molecular weight is 414 g/mol. The molecule has 0 radical (unpaired) electrons. The molecule has 1 aliphatic heterocycles. The highest BCUT2D eigenvalue weighted by Crippen LogP contribution is 2.39. The summed E-state index contributed by atoms with van der Waals surface area (Å²) >= 11 is 6.05. The third-order valence-corrected chi connectivity index (χ3v) is 5.33. The normalized spacial score (nSPS) is 18.7. The first-order valence-electron chi connectivity index (χ1n) is 9.48. The number of ketones is 1. The number of nitrogens with zero attached hydrogens (tertiary/aromatic N) is 1. The summed E-state index contributed by atoms with van der Waals surface area (Å²) in [5.41, 5.74) is 2.36. The predicted octanol–water partition coefficient (Wildman–Crippen LogP) is 4.53. The molecule has 152 valence electrons. The van der Waals surface area contributed by atoms with E-state index in [4.69, 9.17) is 16.3 Å². The molecule has 1 N–H and O–H groups in total. The minimum atomic E-state index is -0.712. The molecule has 0 bridgehead atoms. The minimum Gasteiger partial charge on any atom is -0.507 e. The maximum absolute atomic E-state index is 12.9. The number of rotatable bonds is 6. The number of hydrogen-bond donors (Lipinski definition) is 1. The Kier molecular flexibility index (Phi) is 6.40. The Morgan fingerprint density at radius 1 is 1.17 bits per heavy atom. The van der Waals surface area contributed by atoms with Gasteiger partial charge in [0.15, 0.2) is 0 Å². The van der Waals surface area contributed by atoms with Crippen molar-refractivity contribution in [2.75, 3.05) is 20.3 Å². The first-order valence-corrected chi connectivity index (χ1v) is 9.86. The molecule has 0 saturated carbocycles. The second-order valence-electron chi connectivity index (χ2n) is 7.32. The van der Waals surface area contributed by atoms with Gasteiger partial charge in [0.25, 0.3) is 11.7 Å². The van der Waals surface area contributed by atoms with Crippen LogP contribution in [0.5, 0.6) is 0 Å². The van der Waals surface area contributed by atoms with E-state index in [-0.39, 0.29) is 24.5 Å². The van der Waals surface area contributed by atoms with Crippen LogP contribution in [0.25, 0.3) is 5.76 Å². The zero-order chi connectivity index (χ0) is 21.1. The lowest BCUT2D eigenvalue weighted by molar-refractivity contribution is -0.140. The summed E-state index contributed by atoms with van der Waals surface area (Å²) in [5.74, 6) is -1.24. The summed E-state index contributed by atoms with van der Waals surface area (Å²) in [7, 11) is 1.54. The predicted molar refractivity (Wildman–Crippen MR) is 113 cm³/mol. The molecular formula is C23H24ClNO4. The van der Waals surface area contributed by atoms with Crippen LogP contribution in [0.1, 0.15) is 42.5 Å². The lowest BCUT2D eigenvalue weighted by atomic mass is 9.93. The molecule has 0 aliphatic carbocycles. The lowest BCUT2D eigenvalue weighted by Gasteiger charge is -2.25. The van der Waals surface area contributed by atoms with Crippen LogP contribution in [-0.2, 0) is 14.3 Å². The molecule has 1 unspecified atom stereocenters. The maximum atomic E-state index is 12.9. The molecule has 29 heavy (non-hydrogen) atoms. The molecule has 1 amide bonds. The molecule has 1 fully saturated rings. The van der Waals surface area contributed by atoms with Crippen LogP contribution in [0, 0.1) is 0 Å². The molecule has 1 atom stereocenters. The number of amides is 1. The second kappa shape index (κ2) is 8.80. The van der Waals surface area contributed by atoms with E-state index in [2.05, 4.69) is 13.8 Å². The van der Waals surface area contributed by atoms with Crippen molar-refractivity contribution < 1.29 is 19.4 Å². The molecule has 5 nitrogen and oxygen atoms in total. The summed E-state index contributed by atoms with van der Waals surface area (Å²) < 4.78 is 5.12. The molecule has 1 saturated heterocycles. The van der Waals surface area contributed by atoms with Crippen molar-refractivity contribution in [1.29, 1.82) is 0 Å². The van der Waals surface area contributed by atoms with Crippen molar-refractivity contribution in [2.45, 2.75) is 25.8 Å². The third-order valence-electron chi connectivity index (χ3n) is 5.09. The number of aliphatic hydroxyl groups is 1. The maximum Gasteiger partial charge on any atom is 0.295 e. The smallest absolute Gasteiger partial charge is 0.295 e. The van der Waals surface area contributed by atoms with Crippen molar-refractivity contribution >= 4 is 29.1 Å². The molecule has 2 aromatic rings. The number of aliphatic hydroxyl groups excluding tert-OH is 1. The van der Waals surface area contributed by atoms with Crippen LogP contribution in [0.3, 0.4) is 0 Å². The number of carbonyl (C=O) groups is 2. The molecule has 3 rings (SSSR count). The summed E-state index contributed by atoms with van der Waals surface area (Å²) in [6.45, 7) is 4.71. The zero-order valence-electron chi connectivity index (χ0n) is 16.7. The fourth-order valence-electron chi connectivity index (χ4n) is 3.50. The van der Waals surface area contributed by atoms with Gasteiger partial charge >= 0.3 is 0 Å². The van der Waals surface area contributed by atoms with E-state index in [1.54, 1.807) is 24.3 Å². The van der Waals surface area contributed by atoms with Crippen LogP contribution in [-0.4, -0.2) is 42.0 Å². The van der Waals surface area contributed by atoms with Gasteiger partial charge in [-0.2, -0.15) is 0 Å². The Labute approximate surface area is 175 Å². The van der Waals surface area contributed by atoms with Crippen LogP contribution >= 0.6 is 11.6 Å². The van der Waals surface area contributed by atoms with Gasteiger partial charge in [0.1, 0.15) is 5.76 Å². The number of benzene rings is 2. The zero-order valence-corrected chi connectivity index (χ0v) is 17.4. The highest BCUT2D eigenvalue weighted by Gasteiger charge is 2.45. The largest absolute Gasteiger partial charge is 0.507 e. The SMILES string of the molecule is COCCN1C(=O)C(=O)/C(=C(\O)c2cccc(Cl)c2)C1c1ccc(C(C)C)cc1. The van der Waals surface area contributed by atoms with Gasteiger partial charge < -0.3 is 14.7 Å². The number of likely N-dealkylation sites (tertiary alicyclic amines) is 1. The molecule has 0 spiro atoms. The Hall–Kier alpha value is -2.63. The average Bonchev–Trinajstić information content (AvgIpc) is 2.96. The van der Waals surface area contributed by atoms with Gasteiger partial charge in [-0.1, -0.05) is 61.8 Å². The van der Waals surface area contributed by atoms with E-state index in [9.17, 15) is 14.7 Å². The van der Waals surface area contributed by atoms with Gasteiger partial charge in [0.05, 0.1) is 18.2 Å². The molecule has 1 aliphatic rings. The molecule has 2 aromatic carbocycles. The van der Waals surface area contributed by atoms with E-state index < -0.39 is 17.7 Å². The van der Waals surface area contributed by atoms with Crippen molar-refractivity contribution in [3.05, 3.63) is 75.8 Å². The third kappa shape index (κ3) is 4.21. The Bertz CT molecular complexity index is 950. The van der Waals surface area contributed by atoms with Gasteiger partial charge in [-0.25, -0.2) is 0 Å². The summed E-state index contributed by atoms with van der Waals surface area (Å²) in [5, 5.41) is 11.4. The highest BCUT2D eigenvalue weighted by atomic mass is 35.5. The van der Waals surface area contributed by atoms with E-state index in [1.165, 1.54) is 12.0 Å². The number of methoxy groups -OCH3 is 1. The van der Waals surface area contributed by atoms with E-state index in [1.807, 2.05) is 24.3 Å². The number of Topliss-reactive ketones (excluding diaryl/α,β-unsaturated/α-hetero) is 1. The minimum absolute atomic E-state index is 0.0608. The number of carbonyl (C=O) groups excluding carboxylic acids is 2. The van der Waals surface area contributed by atoms with Gasteiger partial charge in [-0.3, -0.25) is 9.59 Å². The monoisotopic (exact) mass is 413 g/mol. The summed E-state index contributed by atoms with van der Waals surface area (Å²) in [6.07, 6.45) is 0. The molecule has 1 heterocycles. The fourth-order valence-corrected chi connectivity index (χ4v) is 3.69. The number of hydrogen-bond acceptors (Lipinski definition) is 4. The van der Waals surface area contributed by atoms with Crippen molar-refractivity contribution in [2.24, 2.45) is 0 Å². The van der Waals surface area contributed by atoms with Crippen molar-refractivity contribution in [3.8, 4) is 0 Å². The number of halogens is 1. The topological polar surface area (TPSA) is 66.8 Å². The van der Waals surface area contributed by atoms with Gasteiger partial charge in [-0.15, -0.1) is 0 Å². The lowest BCUT2D eigenvalue weighted by Crippen LogP contribution is -2.32. The van der Waals surface area contributed by atoms with E-state index in [0.29, 0.717) is 16.5 Å². The van der Waals surface area contributed by atoms with E-state index in [0.717, 1.165) is 11.1 Å². The van der Waals surface area contributed by atoms with Crippen LogP contribution < -0.4 is 0 Å². The van der Waals surface area contributed by atoms with Crippen LogP contribution in [0.2, 0.25) is 5.02 Å². The summed E-state index contributed by atoms with van der Waals surface area (Å²) in [6, 6.07) is 13.7. The van der Waals surface area contributed by atoms with Crippen LogP contribution in [0.4, 0.5) is 0 Å². The van der Waals surface area contributed by atoms with Crippen molar-refractivity contribution in [1.82, 2.24) is 4.90 Å². The Morgan fingerprint density at radius 3 is 2.45 bits per heavy atom. The Balaban J connectivity index is 2.14. The molecule has 6 heteroatoms. The van der Waals surface area contributed by atoms with Gasteiger partial charge in [-0.05, 0) is 29.2 Å². The van der Waals surface area contributed by atoms with Crippen LogP contribution in [0.15, 0.2) is 54.1 Å².